The molecule has 23 heavy (non-hydrogen) atoms. The van der Waals surface area contributed by atoms with Gasteiger partial charge in [-0.15, -0.1) is 0 Å². The lowest BCUT2D eigenvalue weighted by Gasteiger charge is -2.28. The maximum absolute atomic E-state index is 12.7. The van der Waals surface area contributed by atoms with Crippen molar-refractivity contribution >= 4 is 22.8 Å². The Morgan fingerprint density at radius 3 is 2.61 bits per heavy atom. The summed E-state index contributed by atoms with van der Waals surface area (Å²) in [5.41, 5.74) is 2.56. The standard InChI is InChI=1S/C16H18N4O3/c1-19-14-10(9-7-17-8-9)3-2-4-11(14)20(16(19)23)12-5-6-13(21)18-15(12)22/h2-4,9,12,17H,5-8H2,1H3,(H,18,21,22). The summed E-state index contributed by atoms with van der Waals surface area (Å²) >= 11 is 0. The first-order valence-electron chi connectivity index (χ1n) is 7.82. The first-order chi connectivity index (χ1) is 11.1. The van der Waals surface area contributed by atoms with Gasteiger partial charge in [0.1, 0.15) is 6.04 Å². The van der Waals surface area contributed by atoms with E-state index in [1.54, 1.807) is 11.6 Å². The van der Waals surface area contributed by atoms with Gasteiger partial charge in [0, 0.05) is 32.5 Å². The summed E-state index contributed by atoms with van der Waals surface area (Å²) in [5.74, 6) is -0.283. The Morgan fingerprint density at radius 1 is 1.17 bits per heavy atom. The lowest BCUT2D eigenvalue weighted by molar-refractivity contribution is -0.135. The lowest BCUT2D eigenvalue weighted by Crippen LogP contribution is -2.44. The molecule has 0 saturated carbocycles. The van der Waals surface area contributed by atoms with E-state index in [2.05, 4.69) is 10.6 Å². The van der Waals surface area contributed by atoms with E-state index in [0.29, 0.717) is 12.3 Å². The number of hydrogen-bond donors (Lipinski definition) is 2. The zero-order valence-corrected chi connectivity index (χ0v) is 12.8. The van der Waals surface area contributed by atoms with E-state index in [1.165, 1.54) is 4.57 Å². The Balaban J connectivity index is 1.91. The first kappa shape index (κ1) is 14.2. The molecule has 2 fully saturated rings. The maximum atomic E-state index is 12.7. The molecule has 2 aliphatic rings. The summed E-state index contributed by atoms with van der Waals surface area (Å²) in [7, 11) is 1.74. The first-order valence-corrected chi connectivity index (χ1v) is 7.82. The Hall–Kier alpha value is -2.41. The molecular weight excluding hydrogens is 296 g/mol. The second-order valence-electron chi connectivity index (χ2n) is 6.25. The van der Waals surface area contributed by atoms with Gasteiger partial charge in [0.2, 0.25) is 11.8 Å². The zero-order chi connectivity index (χ0) is 16.1. The molecule has 0 bridgehead atoms. The fourth-order valence-electron chi connectivity index (χ4n) is 3.54. The molecule has 2 aliphatic heterocycles. The maximum Gasteiger partial charge on any atom is 0.329 e. The smallest absolute Gasteiger partial charge is 0.315 e. The number of imidazole rings is 1. The van der Waals surface area contributed by atoms with Crippen molar-refractivity contribution in [2.75, 3.05) is 13.1 Å². The van der Waals surface area contributed by atoms with Gasteiger partial charge < -0.3 is 5.32 Å². The fraction of sp³-hybridized carbons (Fsp3) is 0.438. The molecule has 0 aliphatic carbocycles. The van der Waals surface area contributed by atoms with E-state index < -0.39 is 11.9 Å². The average Bonchev–Trinajstić information content (AvgIpc) is 2.71. The molecule has 1 aromatic carbocycles. The van der Waals surface area contributed by atoms with E-state index in [0.717, 1.165) is 29.7 Å². The van der Waals surface area contributed by atoms with Crippen LogP contribution in [0.15, 0.2) is 23.0 Å². The van der Waals surface area contributed by atoms with Crippen molar-refractivity contribution in [2.45, 2.75) is 24.8 Å². The molecule has 2 N–H and O–H groups in total. The SMILES string of the molecule is Cn1c(=O)n(C2CCC(=O)NC2=O)c2cccc(C3CNC3)c21. The summed E-state index contributed by atoms with van der Waals surface area (Å²) in [4.78, 5) is 36.3. The molecule has 1 aromatic heterocycles. The lowest BCUT2D eigenvalue weighted by atomic mass is 9.92. The number of aryl methyl sites for hydroxylation is 1. The molecule has 0 spiro atoms. The van der Waals surface area contributed by atoms with E-state index in [1.807, 2.05) is 18.2 Å². The summed E-state index contributed by atoms with van der Waals surface area (Å²) in [6, 6.07) is 5.22. The monoisotopic (exact) mass is 314 g/mol. The number of fused-ring (bicyclic) bond motifs is 1. The number of piperidine rings is 1. The summed E-state index contributed by atoms with van der Waals surface area (Å²) in [5, 5.41) is 5.58. The van der Waals surface area contributed by atoms with Crippen LogP contribution in [0.1, 0.15) is 30.4 Å². The van der Waals surface area contributed by atoms with Crippen LogP contribution in [0.5, 0.6) is 0 Å². The van der Waals surface area contributed by atoms with E-state index >= 15 is 0 Å². The second kappa shape index (κ2) is 5.06. The number of rotatable bonds is 2. The van der Waals surface area contributed by atoms with Gasteiger partial charge in [-0.25, -0.2) is 4.79 Å². The Bertz CT molecular complexity index is 875. The van der Waals surface area contributed by atoms with Crippen LogP contribution in [0.4, 0.5) is 0 Å². The minimum Gasteiger partial charge on any atom is -0.315 e. The Morgan fingerprint density at radius 2 is 1.96 bits per heavy atom. The predicted molar refractivity (Wildman–Crippen MR) is 84.2 cm³/mol. The summed E-state index contributed by atoms with van der Waals surface area (Å²) in [6.07, 6.45) is 0.615. The van der Waals surface area contributed by atoms with Crippen LogP contribution in [0.25, 0.3) is 11.0 Å². The number of benzene rings is 1. The molecule has 2 amide bonds. The van der Waals surface area contributed by atoms with Gasteiger partial charge in [-0.05, 0) is 18.1 Å². The number of amides is 2. The minimum absolute atomic E-state index is 0.214. The van der Waals surface area contributed by atoms with E-state index in [9.17, 15) is 14.4 Å². The number of carbonyl (C=O) groups excluding carboxylic acids is 2. The molecule has 2 aromatic rings. The van der Waals surface area contributed by atoms with Crippen LogP contribution < -0.4 is 16.3 Å². The highest BCUT2D eigenvalue weighted by Crippen LogP contribution is 2.30. The van der Waals surface area contributed by atoms with Gasteiger partial charge >= 0.3 is 5.69 Å². The van der Waals surface area contributed by atoms with Gasteiger partial charge in [0.15, 0.2) is 0 Å². The zero-order valence-electron chi connectivity index (χ0n) is 12.8. The Labute approximate surface area is 132 Å². The quantitative estimate of drug-likeness (QED) is 0.765. The fourth-order valence-corrected chi connectivity index (χ4v) is 3.54. The van der Waals surface area contributed by atoms with Crippen molar-refractivity contribution in [3.63, 3.8) is 0 Å². The van der Waals surface area contributed by atoms with Gasteiger partial charge in [-0.1, -0.05) is 12.1 Å². The van der Waals surface area contributed by atoms with Crippen molar-refractivity contribution in [2.24, 2.45) is 7.05 Å². The van der Waals surface area contributed by atoms with Crippen LogP contribution in [0, 0.1) is 0 Å². The third-order valence-corrected chi connectivity index (χ3v) is 4.88. The predicted octanol–water partition coefficient (Wildman–Crippen LogP) is 0.00450. The summed E-state index contributed by atoms with van der Waals surface area (Å²) in [6.45, 7) is 1.80. The Kier molecular flexibility index (Phi) is 3.12. The number of hydrogen-bond acceptors (Lipinski definition) is 4. The average molecular weight is 314 g/mol. The van der Waals surface area contributed by atoms with Gasteiger partial charge in [-0.3, -0.25) is 24.0 Å². The number of carbonyl (C=O) groups is 2. The van der Waals surface area contributed by atoms with Gasteiger partial charge in [0.25, 0.3) is 0 Å². The number of nitrogens with one attached hydrogen (secondary N) is 2. The molecule has 120 valence electrons. The number of para-hydroxylation sites is 1. The van der Waals surface area contributed by atoms with Crippen LogP contribution in [0.2, 0.25) is 0 Å². The molecule has 1 unspecified atom stereocenters. The largest absolute Gasteiger partial charge is 0.329 e. The van der Waals surface area contributed by atoms with E-state index in [-0.39, 0.29) is 18.0 Å². The van der Waals surface area contributed by atoms with Crippen molar-refractivity contribution in [1.29, 1.82) is 0 Å². The highest BCUT2D eigenvalue weighted by molar-refractivity contribution is 6.00. The molecule has 3 heterocycles. The number of aromatic nitrogens is 2. The molecule has 7 heteroatoms. The van der Waals surface area contributed by atoms with Crippen LogP contribution >= 0.6 is 0 Å². The van der Waals surface area contributed by atoms with Gasteiger partial charge in [-0.2, -0.15) is 0 Å². The molecule has 2 saturated heterocycles. The number of imide groups is 1. The molecule has 7 nitrogen and oxygen atoms in total. The summed E-state index contributed by atoms with van der Waals surface area (Å²) < 4.78 is 3.15. The molecule has 0 radical (unpaired) electrons. The normalized spacial score (nSPS) is 22.2. The third kappa shape index (κ3) is 2.03. The number of nitrogens with zero attached hydrogens (tertiary/aromatic N) is 2. The van der Waals surface area contributed by atoms with Crippen molar-refractivity contribution in [3.05, 3.63) is 34.2 Å². The van der Waals surface area contributed by atoms with E-state index in [4.69, 9.17) is 0 Å². The highest BCUT2D eigenvalue weighted by Gasteiger charge is 2.32. The molecule has 1 atom stereocenters. The third-order valence-electron chi connectivity index (χ3n) is 4.88. The van der Waals surface area contributed by atoms with Gasteiger partial charge in [0.05, 0.1) is 11.0 Å². The van der Waals surface area contributed by atoms with Crippen molar-refractivity contribution in [1.82, 2.24) is 19.8 Å². The molecule has 4 rings (SSSR count). The minimum atomic E-state index is -0.626. The van der Waals surface area contributed by atoms with Crippen LogP contribution in [-0.2, 0) is 16.6 Å². The van der Waals surface area contributed by atoms with Crippen molar-refractivity contribution in [3.8, 4) is 0 Å². The molecular formula is C16H18N4O3. The van der Waals surface area contributed by atoms with Crippen LogP contribution in [-0.4, -0.2) is 34.0 Å². The second-order valence-corrected chi connectivity index (χ2v) is 6.25. The topological polar surface area (TPSA) is 85.1 Å². The highest BCUT2D eigenvalue weighted by atomic mass is 16.2. The van der Waals surface area contributed by atoms with Crippen LogP contribution in [0.3, 0.4) is 0 Å². The van der Waals surface area contributed by atoms with Crippen molar-refractivity contribution < 1.29 is 9.59 Å².